The van der Waals surface area contributed by atoms with Crippen molar-refractivity contribution >= 4 is 21.9 Å². The molecule has 0 bridgehead atoms. The summed E-state index contributed by atoms with van der Waals surface area (Å²) in [5.74, 6) is -0.792. The molecule has 4 heteroatoms. The molecule has 3 atom stereocenters. The standard InChI is InChI=1S/C16H20BrNO2/c17-12-5-6-14-10(8-12)4-7-15(14)18-13-3-1-2-11(9-13)16(19)20/h5-6,8,11,13,15,18H,1-4,7,9H2,(H,19,20). The van der Waals surface area contributed by atoms with E-state index in [0.29, 0.717) is 12.1 Å². The zero-order valence-electron chi connectivity index (χ0n) is 11.4. The predicted octanol–water partition coefficient (Wildman–Crippen LogP) is 3.67. The molecular formula is C16H20BrNO2. The minimum atomic E-state index is -0.632. The van der Waals surface area contributed by atoms with Crippen LogP contribution in [0.3, 0.4) is 0 Å². The summed E-state index contributed by atoms with van der Waals surface area (Å²) in [5, 5.41) is 12.9. The molecule has 1 saturated carbocycles. The van der Waals surface area contributed by atoms with Crippen molar-refractivity contribution in [2.75, 3.05) is 0 Å². The lowest BCUT2D eigenvalue weighted by molar-refractivity contribution is -0.143. The molecule has 0 aromatic heterocycles. The Bertz CT molecular complexity index is 517. The number of rotatable bonds is 3. The summed E-state index contributed by atoms with van der Waals surface area (Å²) in [6, 6.07) is 7.25. The monoisotopic (exact) mass is 337 g/mol. The first-order valence-corrected chi connectivity index (χ1v) is 8.20. The topological polar surface area (TPSA) is 49.3 Å². The first-order chi connectivity index (χ1) is 9.63. The molecule has 1 aromatic carbocycles. The summed E-state index contributed by atoms with van der Waals surface area (Å²) < 4.78 is 1.14. The van der Waals surface area contributed by atoms with Crippen LogP contribution in [0.4, 0.5) is 0 Å². The number of fused-ring (bicyclic) bond motifs is 1. The van der Waals surface area contributed by atoms with Crippen LogP contribution in [0.25, 0.3) is 0 Å². The van der Waals surface area contributed by atoms with E-state index < -0.39 is 5.97 Å². The Labute approximate surface area is 127 Å². The van der Waals surface area contributed by atoms with E-state index in [9.17, 15) is 9.90 Å². The van der Waals surface area contributed by atoms with Crippen LogP contribution in [0.2, 0.25) is 0 Å². The van der Waals surface area contributed by atoms with Crippen molar-refractivity contribution in [2.24, 2.45) is 5.92 Å². The highest BCUT2D eigenvalue weighted by Crippen LogP contribution is 2.35. The van der Waals surface area contributed by atoms with E-state index in [1.807, 2.05) is 0 Å². The van der Waals surface area contributed by atoms with Crippen LogP contribution in [0, 0.1) is 5.92 Å². The number of hydrogen-bond acceptors (Lipinski definition) is 2. The van der Waals surface area contributed by atoms with Crippen molar-refractivity contribution in [2.45, 2.75) is 50.6 Å². The number of nitrogens with one attached hydrogen (secondary N) is 1. The largest absolute Gasteiger partial charge is 0.481 e. The van der Waals surface area contributed by atoms with Gasteiger partial charge < -0.3 is 10.4 Å². The third-order valence-corrected chi connectivity index (χ3v) is 5.14. The summed E-state index contributed by atoms with van der Waals surface area (Å²) in [5.41, 5.74) is 2.81. The van der Waals surface area contributed by atoms with Gasteiger partial charge in [-0.3, -0.25) is 4.79 Å². The van der Waals surface area contributed by atoms with Crippen molar-refractivity contribution in [1.82, 2.24) is 5.32 Å². The van der Waals surface area contributed by atoms with Gasteiger partial charge in [-0.1, -0.05) is 28.4 Å². The fourth-order valence-corrected chi connectivity index (χ4v) is 4.02. The van der Waals surface area contributed by atoms with E-state index in [-0.39, 0.29) is 5.92 Å². The van der Waals surface area contributed by atoms with E-state index in [1.165, 1.54) is 11.1 Å². The molecule has 0 radical (unpaired) electrons. The summed E-state index contributed by atoms with van der Waals surface area (Å²) in [6.07, 6.45) is 5.97. The molecule has 0 aliphatic heterocycles. The van der Waals surface area contributed by atoms with Gasteiger partial charge in [0.05, 0.1) is 5.92 Å². The van der Waals surface area contributed by atoms with Gasteiger partial charge in [-0.25, -0.2) is 0 Å². The van der Waals surface area contributed by atoms with Crippen LogP contribution in [0.15, 0.2) is 22.7 Å². The van der Waals surface area contributed by atoms with Crippen molar-refractivity contribution in [3.8, 4) is 0 Å². The lowest BCUT2D eigenvalue weighted by atomic mass is 9.85. The Balaban J connectivity index is 1.66. The zero-order chi connectivity index (χ0) is 14.1. The van der Waals surface area contributed by atoms with Crippen LogP contribution >= 0.6 is 15.9 Å². The molecule has 2 N–H and O–H groups in total. The van der Waals surface area contributed by atoms with Crippen molar-refractivity contribution in [3.05, 3.63) is 33.8 Å². The maximum atomic E-state index is 11.1. The molecule has 3 unspecified atom stereocenters. The predicted molar refractivity (Wildman–Crippen MR) is 81.7 cm³/mol. The maximum absolute atomic E-state index is 11.1. The molecule has 1 fully saturated rings. The summed E-state index contributed by atoms with van der Waals surface area (Å²) in [7, 11) is 0. The quantitative estimate of drug-likeness (QED) is 0.884. The summed E-state index contributed by atoms with van der Waals surface area (Å²) in [6.45, 7) is 0. The Kier molecular flexibility index (Phi) is 4.13. The molecule has 0 spiro atoms. The van der Waals surface area contributed by atoms with Gasteiger partial charge >= 0.3 is 5.97 Å². The molecule has 0 amide bonds. The summed E-state index contributed by atoms with van der Waals surface area (Å²) >= 11 is 3.52. The third kappa shape index (κ3) is 2.91. The van der Waals surface area contributed by atoms with Gasteiger partial charge in [0.25, 0.3) is 0 Å². The minimum absolute atomic E-state index is 0.160. The van der Waals surface area contributed by atoms with Crippen LogP contribution in [0.5, 0.6) is 0 Å². The Hall–Kier alpha value is -0.870. The van der Waals surface area contributed by atoms with Gasteiger partial charge in [0, 0.05) is 16.6 Å². The molecule has 3 rings (SSSR count). The minimum Gasteiger partial charge on any atom is -0.481 e. The average molecular weight is 338 g/mol. The second-order valence-corrected chi connectivity index (χ2v) is 6.92. The molecular weight excluding hydrogens is 318 g/mol. The highest BCUT2D eigenvalue weighted by atomic mass is 79.9. The average Bonchev–Trinajstić information content (AvgIpc) is 2.81. The van der Waals surface area contributed by atoms with Gasteiger partial charge in [-0.2, -0.15) is 0 Å². The Morgan fingerprint density at radius 1 is 1.30 bits per heavy atom. The number of aliphatic carboxylic acids is 1. The normalized spacial score (nSPS) is 29.1. The highest BCUT2D eigenvalue weighted by molar-refractivity contribution is 9.10. The third-order valence-electron chi connectivity index (χ3n) is 4.64. The maximum Gasteiger partial charge on any atom is 0.306 e. The first-order valence-electron chi connectivity index (χ1n) is 7.40. The Morgan fingerprint density at radius 3 is 2.95 bits per heavy atom. The number of aryl methyl sites for hydroxylation is 1. The SMILES string of the molecule is O=C(O)C1CCCC(NC2CCc3cc(Br)ccc32)C1. The molecule has 2 aliphatic rings. The molecule has 0 heterocycles. The van der Waals surface area contributed by atoms with Crippen molar-refractivity contribution in [1.29, 1.82) is 0 Å². The molecule has 3 nitrogen and oxygen atoms in total. The number of halogens is 1. The Morgan fingerprint density at radius 2 is 2.15 bits per heavy atom. The first kappa shape index (κ1) is 14.1. The fraction of sp³-hybridized carbons (Fsp3) is 0.562. The fourth-order valence-electron chi connectivity index (χ4n) is 3.61. The van der Waals surface area contributed by atoms with Gasteiger partial charge in [0.2, 0.25) is 0 Å². The van der Waals surface area contributed by atoms with Crippen LogP contribution in [-0.4, -0.2) is 17.1 Å². The molecule has 2 aliphatic carbocycles. The van der Waals surface area contributed by atoms with Gasteiger partial charge in [-0.15, -0.1) is 0 Å². The van der Waals surface area contributed by atoms with Crippen molar-refractivity contribution in [3.63, 3.8) is 0 Å². The van der Waals surface area contributed by atoms with E-state index in [1.54, 1.807) is 0 Å². The summed E-state index contributed by atoms with van der Waals surface area (Å²) in [4.78, 5) is 11.1. The number of carboxylic acids is 1. The highest BCUT2D eigenvalue weighted by Gasteiger charge is 2.30. The van der Waals surface area contributed by atoms with Gasteiger partial charge in [0.1, 0.15) is 0 Å². The number of benzene rings is 1. The molecule has 108 valence electrons. The molecule has 1 aromatic rings. The van der Waals surface area contributed by atoms with Crippen LogP contribution < -0.4 is 5.32 Å². The van der Waals surface area contributed by atoms with Crippen molar-refractivity contribution < 1.29 is 9.90 Å². The van der Waals surface area contributed by atoms with Gasteiger partial charge in [0.15, 0.2) is 0 Å². The van der Waals surface area contributed by atoms with Crippen LogP contribution in [-0.2, 0) is 11.2 Å². The number of carboxylic acid groups (broad SMARTS) is 1. The van der Waals surface area contributed by atoms with E-state index in [2.05, 4.69) is 39.4 Å². The van der Waals surface area contributed by atoms with E-state index >= 15 is 0 Å². The zero-order valence-corrected chi connectivity index (χ0v) is 13.0. The van der Waals surface area contributed by atoms with E-state index in [4.69, 9.17) is 0 Å². The van der Waals surface area contributed by atoms with Crippen LogP contribution in [0.1, 0.15) is 49.3 Å². The lowest BCUT2D eigenvalue weighted by Gasteiger charge is -2.30. The number of hydrogen-bond donors (Lipinski definition) is 2. The van der Waals surface area contributed by atoms with E-state index in [0.717, 1.165) is 43.0 Å². The molecule has 20 heavy (non-hydrogen) atoms. The van der Waals surface area contributed by atoms with Gasteiger partial charge in [-0.05, 0) is 55.4 Å². The lowest BCUT2D eigenvalue weighted by Crippen LogP contribution is -2.38. The smallest absolute Gasteiger partial charge is 0.306 e. The second-order valence-electron chi connectivity index (χ2n) is 6.00. The number of carbonyl (C=O) groups is 1. The second kappa shape index (κ2) is 5.86. The molecule has 0 saturated heterocycles.